The number of carbonyl (C=O) groups excluding carboxylic acids is 1. The van der Waals surface area contributed by atoms with Crippen molar-refractivity contribution in [1.82, 2.24) is 10.6 Å². The monoisotopic (exact) mass is 372 g/mol. The van der Waals surface area contributed by atoms with Crippen LogP contribution in [0.4, 0.5) is 0 Å². The lowest BCUT2D eigenvalue weighted by Crippen LogP contribution is -2.38. The van der Waals surface area contributed by atoms with Crippen LogP contribution < -0.4 is 20.1 Å². The first-order valence-corrected chi connectivity index (χ1v) is 8.96. The van der Waals surface area contributed by atoms with E-state index in [1.165, 1.54) is 0 Å². The smallest absolute Gasteiger partial charge is 0.257 e. The number of rotatable bonds is 7. The van der Waals surface area contributed by atoms with E-state index in [-0.39, 0.29) is 17.1 Å². The van der Waals surface area contributed by atoms with E-state index in [9.17, 15) is 4.79 Å². The van der Waals surface area contributed by atoms with Gasteiger partial charge in [-0.1, -0.05) is 18.2 Å². The van der Waals surface area contributed by atoms with Gasteiger partial charge in [-0.05, 0) is 68.9 Å². The lowest BCUT2D eigenvalue weighted by atomic mass is 10.2. The van der Waals surface area contributed by atoms with Crippen molar-refractivity contribution in [2.45, 2.75) is 33.4 Å². The van der Waals surface area contributed by atoms with Gasteiger partial charge in [0.1, 0.15) is 11.5 Å². The van der Waals surface area contributed by atoms with Crippen LogP contribution in [0.5, 0.6) is 11.5 Å². The lowest BCUT2D eigenvalue weighted by Gasteiger charge is -2.12. The molecule has 0 atom stereocenters. The number of hydrogen-bond donors (Lipinski definition) is 2. The summed E-state index contributed by atoms with van der Waals surface area (Å²) in [6.07, 6.45) is 0.142. The maximum Gasteiger partial charge on any atom is 0.257 e. The van der Waals surface area contributed by atoms with Gasteiger partial charge < -0.3 is 14.8 Å². The molecule has 2 aromatic rings. The molecule has 5 nitrogen and oxygen atoms in total. The molecule has 1 amide bonds. The number of amides is 1. The molecule has 0 bridgehead atoms. The second kappa shape index (κ2) is 9.77. The zero-order valence-electron chi connectivity index (χ0n) is 15.2. The topological polar surface area (TPSA) is 59.6 Å². The van der Waals surface area contributed by atoms with E-state index in [0.29, 0.717) is 24.5 Å². The highest BCUT2D eigenvalue weighted by Crippen LogP contribution is 2.14. The molecular formula is C20H24N2O3S. The van der Waals surface area contributed by atoms with Crippen LogP contribution in [0.2, 0.25) is 0 Å². The average molecular weight is 372 g/mol. The summed E-state index contributed by atoms with van der Waals surface area (Å²) in [5.41, 5.74) is 1.53. The van der Waals surface area contributed by atoms with Gasteiger partial charge >= 0.3 is 0 Å². The van der Waals surface area contributed by atoms with Crippen LogP contribution in [0.3, 0.4) is 0 Å². The minimum Gasteiger partial charge on any atom is -0.494 e. The quantitative estimate of drug-likeness (QED) is 0.726. The Balaban J connectivity index is 1.84. The summed E-state index contributed by atoms with van der Waals surface area (Å²) in [7, 11) is 0. The third-order valence-electron chi connectivity index (χ3n) is 3.38. The highest BCUT2D eigenvalue weighted by molar-refractivity contribution is 7.80. The maximum atomic E-state index is 12.3. The van der Waals surface area contributed by atoms with Crippen molar-refractivity contribution >= 4 is 23.2 Å². The zero-order valence-corrected chi connectivity index (χ0v) is 16.1. The standard InChI is InChI=1S/C20H24N2O3S/c1-4-24-18-7-5-6-16(12-18)19(23)22-20(26)21-13-15-8-10-17(11-9-15)25-14(2)3/h5-12,14H,4,13H2,1-3H3,(H2,21,22,23,26). The molecule has 0 saturated carbocycles. The molecule has 0 aliphatic rings. The number of nitrogens with one attached hydrogen (secondary N) is 2. The van der Waals surface area contributed by atoms with Crippen LogP contribution in [0, 0.1) is 0 Å². The fraction of sp³-hybridized carbons (Fsp3) is 0.300. The van der Waals surface area contributed by atoms with Gasteiger partial charge in [-0.3, -0.25) is 10.1 Å². The summed E-state index contributed by atoms with van der Waals surface area (Å²) in [6.45, 7) is 6.93. The summed E-state index contributed by atoms with van der Waals surface area (Å²) >= 11 is 5.20. The van der Waals surface area contributed by atoms with Gasteiger partial charge in [0.2, 0.25) is 0 Å². The summed E-state index contributed by atoms with van der Waals surface area (Å²) in [5, 5.41) is 5.98. The predicted octanol–water partition coefficient (Wildman–Crippen LogP) is 3.68. The van der Waals surface area contributed by atoms with Gasteiger partial charge in [-0.2, -0.15) is 0 Å². The number of carbonyl (C=O) groups is 1. The largest absolute Gasteiger partial charge is 0.494 e. The lowest BCUT2D eigenvalue weighted by molar-refractivity contribution is 0.0976. The molecule has 0 radical (unpaired) electrons. The second-order valence-electron chi connectivity index (χ2n) is 5.91. The molecule has 2 rings (SSSR count). The SMILES string of the molecule is CCOc1cccc(C(=O)NC(=S)NCc2ccc(OC(C)C)cc2)c1. The van der Waals surface area contributed by atoms with Gasteiger partial charge in [0.25, 0.3) is 5.91 Å². The first-order chi connectivity index (χ1) is 12.5. The number of hydrogen-bond acceptors (Lipinski definition) is 4. The molecule has 6 heteroatoms. The molecule has 26 heavy (non-hydrogen) atoms. The first-order valence-electron chi connectivity index (χ1n) is 8.55. The van der Waals surface area contributed by atoms with Crippen molar-refractivity contribution in [3.63, 3.8) is 0 Å². The van der Waals surface area contributed by atoms with Crippen molar-refractivity contribution in [1.29, 1.82) is 0 Å². The molecular weight excluding hydrogens is 348 g/mol. The molecule has 0 aromatic heterocycles. The van der Waals surface area contributed by atoms with E-state index >= 15 is 0 Å². The predicted molar refractivity (Wildman–Crippen MR) is 107 cm³/mol. The normalized spacial score (nSPS) is 10.3. The van der Waals surface area contributed by atoms with Crippen molar-refractivity contribution in [2.75, 3.05) is 6.61 Å². The average Bonchev–Trinajstić information content (AvgIpc) is 2.61. The fourth-order valence-electron chi connectivity index (χ4n) is 2.25. The molecule has 0 fully saturated rings. The molecule has 2 aromatic carbocycles. The highest BCUT2D eigenvalue weighted by Gasteiger charge is 2.09. The Morgan fingerprint density at radius 1 is 1.12 bits per heavy atom. The van der Waals surface area contributed by atoms with Crippen LogP contribution in [-0.4, -0.2) is 23.7 Å². The highest BCUT2D eigenvalue weighted by atomic mass is 32.1. The van der Waals surface area contributed by atoms with E-state index in [2.05, 4.69) is 10.6 Å². The van der Waals surface area contributed by atoms with Crippen LogP contribution in [0.15, 0.2) is 48.5 Å². The molecule has 0 heterocycles. The Bertz CT molecular complexity index is 745. The first kappa shape index (κ1) is 19.7. The molecule has 138 valence electrons. The van der Waals surface area contributed by atoms with Gasteiger partial charge in [0, 0.05) is 12.1 Å². The molecule has 0 saturated heterocycles. The van der Waals surface area contributed by atoms with Gasteiger partial charge in [0.05, 0.1) is 12.7 Å². The molecule has 2 N–H and O–H groups in total. The van der Waals surface area contributed by atoms with E-state index in [1.54, 1.807) is 18.2 Å². The van der Waals surface area contributed by atoms with Crippen LogP contribution >= 0.6 is 12.2 Å². The van der Waals surface area contributed by atoms with Crippen molar-refractivity contribution in [3.8, 4) is 11.5 Å². The molecule has 0 aliphatic carbocycles. The summed E-state index contributed by atoms with van der Waals surface area (Å²) in [6, 6.07) is 14.7. The van der Waals surface area contributed by atoms with Crippen molar-refractivity contribution in [3.05, 3.63) is 59.7 Å². The van der Waals surface area contributed by atoms with E-state index < -0.39 is 0 Å². The Morgan fingerprint density at radius 3 is 2.50 bits per heavy atom. The van der Waals surface area contributed by atoms with E-state index in [1.807, 2.05) is 51.1 Å². The molecule has 0 aliphatic heterocycles. The maximum absolute atomic E-state index is 12.3. The van der Waals surface area contributed by atoms with Crippen molar-refractivity contribution < 1.29 is 14.3 Å². The van der Waals surface area contributed by atoms with E-state index in [0.717, 1.165) is 11.3 Å². The van der Waals surface area contributed by atoms with Crippen LogP contribution in [-0.2, 0) is 6.54 Å². The fourth-order valence-corrected chi connectivity index (χ4v) is 2.42. The second-order valence-corrected chi connectivity index (χ2v) is 6.32. The van der Waals surface area contributed by atoms with Gasteiger partial charge in [-0.25, -0.2) is 0 Å². The minimum absolute atomic E-state index is 0.142. The minimum atomic E-state index is -0.273. The van der Waals surface area contributed by atoms with Crippen LogP contribution in [0.1, 0.15) is 36.7 Å². The van der Waals surface area contributed by atoms with Gasteiger partial charge in [0.15, 0.2) is 5.11 Å². The Hall–Kier alpha value is -2.60. The summed E-state index contributed by atoms with van der Waals surface area (Å²) < 4.78 is 11.0. The third-order valence-corrected chi connectivity index (χ3v) is 3.63. The Labute approximate surface area is 159 Å². The molecule has 0 spiro atoms. The summed E-state index contributed by atoms with van der Waals surface area (Å²) in [5.74, 6) is 1.21. The number of benzene rings is 2. The van der Waals surface area contributed by atoms with Crippen molar-refractivity contribution in [2.24, 2.45) is 0 Å². The van der Waals surface area contributed by atoms with Crippen LogP contribution in [0.25, 0.3) is 0 Å². The zero-order chi connectivity index (χ0) is 18.9. The Kier molecular flexibility index (Phi) is 7.41. The number of thiocarbonyl (C=S) groups is 1. The third kappa shape index (κ3) is 6.37. The molecule has 0 unspecified atom stereocenters. The van der Waals surface area contributed by atoms with E-state index in [4.69, 9.17) is 21.7 Å². The number of ether oxygens (including phenoxy) is 2. The summed E-state index contributed by atoms with van der Waals surface area (Å²) in [4.78, 5) is 12.3. The Morgan fingerprint density at radius 2 is 1.85 bits per heavy atom. The van der Waals surface area contributed by atoms with Gasteiger partial charge in [-0.15, -0.1) is 0 Å².